The molecule has 18 heavy (non-hydrogen) atoms. The van der Waals surface area contributed by atoms with Crippen molar-refractivity contribution < 1.29 is 9.72 Å². The molecule has 1 aromatic heterocycles. The molecule has 0 saturated heterocycles. The van der Waals surface area contributed by atoms with Crippen LogP contribution in [0.2, 0.25) is 0 Å². The highest BCUT2D eigenvalue weighted by atomic mass is 32.2. The maximum atomic E-state index is 12.0. The SMILES string of the molecule is CSCCN(C)C(=O)c1cc([N+](=O)[O-])cnc1N. The van der Waals surface area contributed by atoms with Crippen molar-refractivity contribution in [1.82, 2.24) is 9.88 Å². The molecule has 7 nitrogen and oxygen atoms in total. The Bertz CT molecular complexity index is 466. The average molecular weight is 270 g/mol. The zero-order valence-corrected chi connectivity index (χ0v) is 10.9. The van der Waals surface area contributed by atoms with E-state index in [0.29, 0.717) is 6.54 Å². The van der Waals surface area contributed by atoms with Crippen LogP contribution in [-0.4, -0.2) is 46.3 Å². The Morgan fingerprint density at radius 1 is 1.67 bits per heavy atom. The third-order valence-corrected chi connectivity index (χ3v) is 2.91. The van der Waals surface area contributed by atoms with E-state index in [9.17, 15) is 14.9 Å². The molecule has 0 fully saturated rings. The van der Waals surface area contributed by atoms with Gasteiger partial charge in [-0.1, -0.05) is 0 Å². The Balaban J connectivity index is 2.97. The van der Waals surface area contributed by atoms with Crippen molar-refractivity contribution in [2.24, 2.45) is 0 Å². The maximum Gasteiger partial charge on any atom is 0.288 e. The Morgan fingerprint density at radius 2 is 2.33 bits per heavy atom. The normalized spacial score (nSPS) is 10.1. The molecule has 0 saturated carbocycles. The molecule has 0 spiro atoms. The Morgan fingerprint density at radius 3 is 2.89 bits per heavy atom. The van der Waals surface area contributed by atoms with E-state index in [2.05, 4.69) is 4.98 Å². The van der Waals surface area contributed by atoms with Crippen LogP contribution < -0.4 is 5.73 Å². The molecule has 1 amide bonds. The summed E-state index contributed by atoms with van der Waals surface area (Å²) in [5.74, 6) is 0.421. The van der Waals surface area contributed by atoms with Crippen LogP contribution in [0.1, 0.15) is 10.4 Å². The van der Waals surface area contributed by atoms with Crippen molar-refractivity contribution in [3.63, 3.8) is 0 Å². The van der Waals surface area contributed by atoms with E-state index in [0.717, 1.165) is 18.0 Å². The highest BCUT2D eigenvalue weighted by Crippen LogP contribution is 2.18. The summed E-state index contributed by atoms with van der Waals surface area (Å²) in [6, 6.07) is 1.15. The van der Waals surface area contributed by atoms with E-state index >= 15 is 0 Å². The van der Waals surface area contributed by atoms with Crippen LogP contribution in [0.5, 0.6) is 0 Å². The number of nitrogens with zero attached hydrogens (tertiary/aromatic N) is 3. The lowest BCUT2D eigenvalue weighted by atomic mass is 10.2. The largest absolute Gasteiger partial charge is 0.383 e. The van der Waals surface area contributed by atoms with E-state index in [4.69, 9.17) is 5.73 Å². The predicted molar refractivity (Wildman–Crippen MR) is 70.6 cm³/mol. The number of carbonyl (C=O) groups is 1. The molecule has 0 aromatic carbocycles. The summed E-state index contributed by atoms with van der Waals surface area (Å²) in [4.78, 5) is 27.2. The molecule has 0 bridgehead atoms. The van der Waals surface area contributed by atoms with E-state index < -0.39 is 4.92 Å². The van der Waals surface area contributed by atoms with Crippen molar-refractivity contribution in [2.45, 2.75) is 0 Å². The third-order valence-electron chi connectivity index (χ3n) is 2.32. The number of hydrogen-bond acceptors (Lipinski definition) is 6. The number of rotatable bonds is 5. The quantitative estimate of drug-likeness (QED) is 0.632. The molecule has 0 unspecified atom stereocenters. The summed E-state index contributed by atoms with van der Waals surface area (Å²) >= 11 is 1.61. The van der Waals surface area contributed by atoms with Crippen LogP contribution in [0.3, 0.4) is 0 Å². The number of nitrogens with two attached hydrogens (primary N) is 1. The van der Waals surface area contributed by atoms with E-state index in [1.54, 1.807) is 18.8 Å². The molecule has 1 heterocycles. The molecule has 1 rings (SSSR count). The molecule has 0 radical (unpaired) electrons. The summed E-state index contributed by atoms with van der Waals surface area (Å²) in [7, 11) is 1.62. The zero-order chi connectivity index (χ0) is 13.7. The first-order chi connectivity index (χ1) is 8.47. The number of aromatic nitrogens is 1. The van der Waals surface area contributed by atoms with Gasteiger partial charge in [-0.3, -0.25) is 14.9 Å². The van der Waals surface area contributed by atoms with Crippen molar-refractivity contribution in [1.29, 1.82) is 0 Å². The highest BCUT2D eigenvalue weighted by molar-refractivity contribution is 7.98. The highest BCUT2D eigenvalue weighted by Gasteiger charge is 2.19. The molecule has 0 atom stereocenters. The van der Waals surface area contributed by atoms with Gasteiger partial charge < -0.3 is 10.6 Å². The van der Waals surface area contributed by atoms with Gasteiger partial charge in [0.15, 0.2) is 0 Å². The van der Waals surface area contributed by atoms with Crippen molar-refractivity contribution in [3.8, 4) is 0 Å². The smallest absolute Gasteiger partial charge is 0.288 e. The second-order valence-electron chi connectivity index (χ2n) is 3.60. The zero-order valence-electron chi connectivity index (χ0n) is 10.1. The van der Waals surface area contributed by atoms with Gasteiger partial charge in [-0.25, -0.2) is 4.98 Å². The van der Waals surface area contributed by atoms with Gasteiger partial charge >= 0.3 is 0 Å². The lowest BCUT2D eigenvalue weighted by molar-refractivity contribution is -0.385. The molecule has 0 aliphatic carbocycles. The first-order valence-corrected chi connectivity index (χ1v) is 6.51. The second-order valence-corrected chi connectivity index (χ2v) is 4.59. The van der Waals surface area contributed by atoms with Gasteiger partial charge in [-0.15, -0.1) is 0 Å². The predicted octanol–water partition coefficient (Wildman–Crippen LogP) is 1.01. The molecule has 8 heteroatoms. The fraction of sp³-hybridized carbons (Fsp3) is 0.400. The van der Waals surface area contributed by atoms with Gasteiger partial charge in [0, 0.05) is 25.4 Å². The molecule has 98 valence electrons. The van der Waals surface area contributed by atoms with Gasteiger partial charge in [-0.2, -0.15) is 11.8 Å². The van der Waals surface area contributed by atoms with Crippen LogP contribution in [-0.2, 0) is 0 Å². The second kappa shape index (κ2) is 6.20. The van der Waals surface area contributed by atoms with Gasteiger partial charge in [-0.05, 0) is 6.26 Å². The van der Waals surface area contributed by atoms with Gasteiger partial charge in [0.25, 0.3) is 11.6 Å². The lowest BCUT2D eigenvalue weighted by Crippen LogP contribution is -2.29. The standard InChI is InChI=1S/C10H14N4O3S/c1-13(3-4-18-2)10(15)8-5-7(14(16)17)6-12-9(8)11/h5-6H,3-4H2,1-2H3,(H2,11,12). The third kappa shape index (κ3) is 3.33. The Hall–Kier alpha value is -1.83. The Kier molecular flexibility index (Phi) is 4.90. The number of nitro groups is 1. The Labute approximate surface area is 109 Å². The van der Waals surface area contributed by atoms with Gasteiger partial charge in [0.2, 0.25) is 0 Å². The van der Waals surface area contributed by atoms with Crippen molar-refractivity contribution >= 4 is 29.2 Å². The van der Waals surface area contributed by atoms with E-state index in [1.807, 2.05) is 6.26 Å². The first kappa shape index (κ1) is 14.2. The summed E-state index contributed by atoms with van der Waals surface area (Å²) in [5, 5.41) is 10.6. The lowest BCUT2D eigenvalue weighted by Gasteiger charge is -2.16. The molecule has 1 aromatic rings. The monoisotopic (exact) mass is 270 g/mol. The number of hydrogen-bond donors (Lipinski definition) is 1. The summed E-state index contributed by atoms with van der Waals surface area (Å²) < 4.78 is 0. The molecule has 0 aliphatic rings. The minimum Gasteiger partial charge on any atom is -0.383 e. The van der Waals surface area contributed by atoms with Crippen molar-refractivity contribution in [3.05, 3.63) is 27.9 Å². The van der Waals surface area contributed by atoms with Crippen LogP contribution in [0.25, 0.3) is 0 Å². The van der Waals surface area contributed by atoms with Crippen LogP contribution >= 0.6 is 11.8 Å². The van der Waals surface area contributed by atoms with Gasteiger partial charge in [0.1, 0.15) is 12.0 Å². The molecule has 0 aliphatic heterocycles. The summed E-state index contributed by atoms with van der Waals surface area (Å²) in [6.07, 6.45) is 2.97. The van der Waals surface area contributed by atoms with E-state index in [1.165, 1.54) is 4.90 Å². The maximum absolute atomic E-state index is 12.0. The van der Waals surface area contributed by atoms with Crippen LogP contribution in [0.4, 0.5) is 11.5 Å². The van der Waals surface area contributed by atoms with Crippen LogP contribution in [0, 0.1) is 10.1 Å². The minimum absolute atomic E-state index is 0.00148. The number of carbonyl (C=O) groups excluding carboxylic acids is 1. The number of thioether (sulfide) groups is 1. The van der Waals surface area contributed by atoms with Gasteiger partial charge in [0.05, 0.1) is 10.5 Å². The van der Waals surface area contributed by atoms with Crippen LogP contribution in [0.15, 0.2) is 12.3 Å². The minimum atomic E-state index is -0.606. The summed E-state index contributed by atoms with van der Waals surface area (Å²) in [6.45, 7) is 0.544. The molecular formula is C10H14N4O3S. The number of pyridine rings is 1. The van der Waals surface area contributed by atoms with E-state index in [-0.39, 0.29) is 23.0 Å². The molecule has 2 N–H and O–H groups in total. The number of amides is 1. The number of nitrogen functional groups attached to an aromatic ring is 1. The fourth-order valence-corrected chi connectivity index (χ4v) is 1.73. The average Bonchev–Trinajstić information content (AvgIpc) is 2.35. The van der Waals surface area contributed by atoms with Crippen molar-refractivity contribution in [2.75, 3.05) is 31.3 Å². The fourth-order valence-electron chi connectivity index (χ4n) is 1.27. The summed E-state index contributed by atoms with van der Waals surface area (Å²) in [5.41, 5.74) is 5.39. The number of anilines is 1. The first-order valence-electron chi connectivity index (χ1n) is 5.11. The topological polar surface area (TPSA) is 102 Å². The molecular weight excluding hydrogens is 256 g/mol.